The third-order valence-corrected chi connectivity index (χ3v) is 4.99. The second-order valence-corrected chi connectivity index (χ2v) is 6.52. The van der Waals surface area contributed by atoms with Crippen molar-refractivity contribution in [3.63, 3.8) is 0 Å². The van der Waals surface area contributed by atoms with Gasteiger partial charge in [0, 0.05) is 14.0 Å². The number of aromatic nitrogens is 1. The first kappa shape index (κ1) is 13.8. The lowest BCUT2D eigenvalue weighted by atomic mass is 10.2. The van der Waals surface area contributed by atoms with Gasteiger partial charge in [-0.2, -0.15) is 0 Å². The van der Waals surface area contributed by atoms with Gasteiger partial charge in [0.2, 0.25) is 0 Å². The molecule has 0 aliphatic carbocycles. The summed E-state index contributed by atoms with van der Waals surface area (Å²) in [6, 6.07) is 5.22. The Bertz CT molecular complexity index is 593. The van der Waals surface area contributed by atoms with E-state index in [4.69, 9.17) is 11.6 Å². The van der Waals surface area contributed by atoms with Crippen LogP contribution in [0, 0.1) is 17.4 Å². The minimum atomic E-state index is -0.193. The Morgan fingerprint density at radius 1 is 1.44 bits per heavy atom. The zero-order valence-corrected chi connectivity index (χ0v) is 13.5. The van der Waals surface area contributed by atoms with Crippen molar-refractivity contribution in [2.45, 2.75) is 13.8 Å². The molecule has 94 valence electrons. The number of rotatable bonds is 2. The van der Waals surface area contributed by atoms with E-state index < -0.39 is 0 Å². The summed E-state index contributed by atoms with van der Waals surface area (Å²) in [4.78, 5) is 17.4. The summed E-state index contributed by atoms with van der Waals surface area (Å²) in [5.74, 6) is -0.193. The van der Waals surface area contributed by atoms with Crippen molar-refractivity contribution in [1.29, 1.82) is 0 Å². The van der Waals surface area contributed by atoms with Crippen molar-refractivity contribution >= 4 is 56.6 Å². The standard InChI is InChI=1S/C12H10ClIN2OS/c1-6-7(2)18-12(15-6)16-11(17)8-3-4-10(14)9(13)5-8/h3-5H,1-2H3,(H,15,16,17). The monoisotopic (exact) mass is 392 g/mol. The normalized spacial score (nSPS) is 10.4. The molecule has 1 aromatic heterocycles. The van der Waals surface area contributed by atoms with E-state index in [9.17, 15) is 4.79 Å². The molecule has 1 amide bonds. The number of nitrogens with zero attached hydrogens (tertiary/aromatic N) is 1. The van der Waals surface area contributed by atoms with Gasteiger partial charge in [-0.15, -0.1) is 11.3 Å². The highest BCUT2D eigenvalue weighted by Crippen LogP contribution is 2.23. The predicted octanol–water partition coefficient (Wildman–Crippen LogP) is 4.27. The topological polar surface area (TPSA) is 42.0 Å². The van der Waals surface area contributed by atoms with Gasteiger partial charge in [0.25, 0.3) is 5.91 Å². The Labute approximate surface area is 128 Å². The van der Waals surface area contributed by atoms with Gasteiger partial charge in [-0.3, -0.25) is 10.1 Å². The molecule has 2 rings (SSSR count). The third-order valence-electron chi connectivity index (χ3n) is 2.43. The minimum Gasteiger partial charge on any atom is -0.298 e. The van der Waals surface area contributed by atoms with Gasteiger partial charge < -0.3 is 0 Å². The fourth-order valence-electron chi connectivity index (χ4n) is 1.33. The number of hydrogen-bond donors (Lipinski definition) is 1. The first-order valence-electron chi connectivity index (χ1n) is 5.18. The summed E-state index contributed by atoms with van der Waals surface area (Å²) in [6.45, 7) is 3.90. The van der Waals surface area contributed by atoms with E-state index in [-0.39, 0.29) is 5.91 Å². The van der Waals surface area contributed by atoms with Gasteiger partial charge in [-0.05, 0) is 54.6 Å². The Kier molecular flexibility index (Phi) is 4.24. The van der Waals surface area contributed by atoms with Crippen molar-refractivity contribution in [3.8, 4) is 0 Å². The lowest BCUT2D eigenvalue weighted by molar-refractivity contribution is 0.102. The maximum Gasteiger partial charge on any atom is 0.257 e. The Hall–Kier alpha value is -0.660. The van der Waals surface area contributed by atoms with Crippen LogP contribution in [0.4, 0.5) is 5.13 Å². The number of halogens is 2. The molecule has 0 aliphatic rings. The molecule has 0 spiro atoms. The van der Waals surface area contributed by atoms with E-state index in [2.05, 4.69) is 32.9 Å². The molecule has 1 heterocycles. The van der Waals surface area contributed by atoms with Crippen LogP contribution < -0.4 is 5.32 Å². The van der Waals surface area contributed by atoms with Crippen molar-refractivity contribution in [1.82, 2.24) is 4.98 Å². The number of nitrogens with one attached hydrogen (secondary N) is 1. The Balaban J connectivity index is 2.19. The number of aryl methyl sites for hydroxylation is 2. The molecular formula is C12H10ClIN2OS. The predicted molar refractivity (Wildman–Crippen MR) is 83.7 cm³/mol. The lowest BCUT2D eigenvalue weighted by Gasteiger charge is -2.03. The summed E-state index contributed by atoms with van der Waals surface area (Å²) >= 11 is 9.58. The average molecular weight is 393 g/mol. The van der Waals surface area contributed by atoms with Gasteiger partial charge in [-0.25, -0.2) is 4.98 Å². The minimum absolute atomic E-state index is 0.193. The molecule has 1 aromatic carbocycles. The van der Waals surface area contributed by atoms with E-state index in [0.29, 0.717) is 15.7 Å². The fraction of sp³-hybridized carbons (Fsp3) is 0.167. The smallest absolute Gasteiger partial charge is 0.257 e. The molecule has 0 atom stereocenters. The van der Waals surface area contributed by atoms with Crippen LogP contribution in [0.25, 0.3) is 0 Å². The summed E-state index contributed by atoms with van der Waals surface area (Å²) in [5.41, 5.74) is 1.47. The maximum atomic E-state index is 12.0. The molecular weight excluding hydrogens is 383 g/mol. The number of amides is 1. The van der Waals surface area contributed by atoms with Gasteiger partial charge in [0.15, 0.2) is 5.13 Å². The van der Waals surface area contributed by atoms with Crippen LogP contribution in [0.5, 0.6) is 0 Å². The van der Waals surface area contributed by atoms with E-state index in [1.807, 2.05) is 19.9 Å². The average Bonchev–Trinajstić information content (AvgIpc) is 2.61. The summed E-state index contributed by atoms with van der Waals surface area (Å²) in [6.07, 6.45) is 0. The van der Waals surface area contributed by atoms with Crippen molar-refractivity contribution < 1.29 is 4.79 Å². The second-order valence-electron chi connectivity index (χ2n) is 3.74. The van der Waals surface area contributed by atoms with Crippen LogP contribution in [0.3, 0.4) is 0 Å². The highest BCUT2D eigenvalue weighted by Gasteiger charge is 2.11. The number of hydrogen-bond acceptors (Lipinski definition) is 3. The molecule has 0 saturated carbocycles. The van der Waals surface area contributed by atoms with E-state index in [1.54, 1.807) is 12.1 Å². The third kappa shape index (κ3) is 3.02. The molecule has 2 aromatic rings. The molecule has 3 nitrogen and oxygen atoms in total. The van der Waals surface area contributed by atoms with Crippen molar-refractivity contribution in [3.05, 3.63) is 42.9 Å². The van der Waals surface area contributed by atoms with E-state index in [1.165, 1.54) is 11.3 Å². The van der Waals surface area contributed by atoms with Crippen LogP contribution in [-0.2, 0) is 0 Å². The Morgan fingerprint density at radius 3 is 2.72 bits per heavy atom. The van der Waals surface area contributed by atoms with Crippen LogP contribution in [0.2, 0.25) is 5.02 Å². The lowest BCUT2D eigenvalue weighted by Crippen LogP contribution is -2.11. The molecule has 6 heteroatoms. The zero-order chi connectivity index (χ0) is 13.3. The first-order chi connectivity index (χ1) is 8.47. The van der Waals surface area contributed by atoms with Gasteiger partial charge >= 0.3 is 0 Å². The number of thiazole rings is 1. The van der Waals surface area contributed by atoms with Gasteiger partial charge in [0.05, 0.1) is 10.7 Å². The highest BCUT2D eigenvalue weighted by atomic mass is 127. The summed E-state index contributed by atoms with van der Waals surface area (Å²) in [7, 11) is 0. The van der Waals surface area contributed by atoms with Crippen LogP contribution in [0.15, 0.2) is 18.2 Å². The fourth-order valence-corrected chi connectivity index (χ4v) is 2.66. The number of carbonyl (C=O) groups excluding carboxylic acids is 1. The van der Waals surface area contributed by atoms with Crippen molar-refractivity contribution in [2.24, 2.45) is 0 Å². The Morgan fingerprint density at radius 2 is 2.17 bits per heavy atom. The zero-order valence-electron chi connectivity index (χ0n) is 9.75. The number of anilines is 1. The second kappa shape index (κ2) is 5.54. The van der Waals surface area contributed by atoms with Crippen LogP contribution >= 0.6 is 45.5 Å². The maximum absolute atomic E-state index is 12.0. The SMILES string of the molecule is Cc1nc(NC(=O)c2ccc(I)c(Cl)c2)sc1C. The number of carbonyl (C=O) groups is 1. The van der Waals surface area contributed by atoms with Crippen LogP contribution in [0.1, 0.15) is 20.9 Å². The molecule has 0 saturated heterocycles. The van der Waals surface area contributed by atoms with Crippen molar-refractivity contribution in [2.75, 3.05) is 5.32 Å². The molecule has 0 bridgehead atoms. The molecule has 0 fully saturated rings. The molecule has 0 aliphatic heterocycles. The quantitative estimate of drug-likeness (QED) is 0.776. The molecule has 0 radical (unpaired) electrons. The van der Waals surface area contributed by atoms with Crippen LogP contribution in [-0.4, -0.2) is 10.9 Å². The molecule has 1 N–H and O–H groups in total. The summed E-state index contributed by atoms with van der Waals surface area (Å²) in [5, 5.41) is 3.97. The van der Waals surface area contributed by atoms with E-state index >= 15 is 0 Å². The van der Waals surface area contributed by atoms with Gasteiger partial charge in [0.1, 0.15) is 0 Å². The molecule has 18 heavy (non-hydrogen) atoms. The summed E-state index contributed by atoms with van der Waals surface area (Å²) < 4.78 is 0.923. The largest absolute Gasteiger partial charge is 0.298 e. The number of benzene rings is 1. The van der Waals surface area contributed by atoms with E-state index in [0.717, 1.165) is 14.1 Å². The van der Waals surface area contributed by atoms with Gasteiger partial charge in [-0.1, -0.05) is 11.6 Å². The molecule has 0 unspecified atom stereocenters. The first-order valence-corrected chi connectivity index (χ1v) is 7.45. The highest BCUT2D eigenvalue weighted by molar-refractivity contribution is 14.1.